The highest BCUT2D eigenvalue weighted by Crippen LogP contribution is 2.26. The number of benzene rings is 1. The molecule has 0 bridgehead atoms. The average Bonchev–Trinajstić information content (AvgIpc) is 2.98. The van der Waals surface area contributed by atoms with Crippen LogP contribution >= 0.6 is 0 Å². The van der Waals surface area contributed by atoms with Crippen LogP contribution in [0.2, 0.25) is 0 Å². The van der Waals surface area contributed by atoms with Gasteiger partial charge in [0.25, 0.3) is 5.91 Å². The molecule has 134 valence electrons. The number of nitrogens with zero attached hydrogens (tertiary/aromatic N) is 2. The van der Waals surface area contributed by atoms with E-state index in [2.05, 4.69) is 10.2 Å². The smallest absolute Gasteiger partial charge is 0.253 e. The van der Waals surface area contributed by atoms with E-state index < -0.39 is 0 Å². The molecule has 1 aliphatic rings. The van der Waals surface area contributed by atoms with Gasteiger partial charge in [0.15, 0.2) is 0 Å². The minimum atomic E-state index is 0.0523. The summed E-state index contributed by atoms with van der Waals surface area (Å²) in [5.41, 5.74) is 4.78. The molecule has 2 heterocycles. The van der Waals surface area contributed by atoms with Crippen molar-refractivity contribution < 1.29 is 9.53 Å². The quantitative estimate of drug-likeness (QED) is 0.901. The van der Waals surface area contributed by atoms with Gasteiger partial charge in [-0.25, -0.2) is 0 Å². The van der Waals surface area contributed by atoms with Crippen LogP contribution in [0.1, 0.15) is 47.4 Å². The summed E-state index contributed by atoms with van der Waals surface area (Å²) in [6.07, 6.45) is 4.70. The molecule has 1 saturated heterocycles. The summed E-state index contributed by atoms with van der Waals surface area (Å²) < 4.78 is 5.76. The van der Waals surface area contributed by atoms with Crippen LogP contribution in [0.15, 0.2) is 24.3 Å². The molecule has 25 heavy (non-hydrogen) atoms. The van der Waals surface area contributed by atoms with Crippen molar-refractivity contribution in [3.8, 4) is 11.1 Å². The van der Waals surface area contributed by atoms with Crippen LogP contribution in [-0.4, -0.2) is 47.3 Å². The number of hydrogen-bond donors (Lipinski definition) is 1. The number of rotatable bonds is 5. The molecule has 2 aromatic rings. The molecular formula is C20H27N3O2. The average molecular weight is 341 g/mol. The van der Waals surface area contributed by atoms with E-state index in [1.807, 2.05) is 45.2 Å². The van der Waals surface area contributed by atoms with E-state index >= 15 is 0 Å². The molecule has 0 saturated carbocycles. The van der Waals surface area contributed by atoms with Gasteiger partial charge in [0, 0.05) is 37.0 Å². The van der Waals surface area contributed by atoms with E-state index in [0.29, 0.717) is 11.7 Å². The summed E-state index contributed by atoms with van der Waals surface area (Å²) in [4.78, 5) is 14.6. The number of nitrogens with one attached hydrogen (secondary N) is 1. The Morgan fingerprint density at radius 3 is 2.88 bits per heavy atom. The van der Waals surface area contributed by atoms with Crippen molar-refractivity contribution in [2.45, 2.75) is 45.6 Å². The highest BCUT2D eigenvalue weighted by molar-refractivity contribution is 5.95. The van der Waals surface area contributed by atoms with Crippen molar-refractivity contribution in [1.29, 1.82) is 0 Å². The summed E-state index contributed by atoms with van der Waals surface area (Å²) in [6.45, 7) is 5.55. The second-order valence-corrected chi connectivity index (χ2v) is 6.89. The van der Waals surface area contributed by atoms with Gasteiger partial charge >= 0.3 is 0 Å². The Labute approximate surface area is 149 Å². The van der Waals surface area contributed by atoms with Gasteiger partial charge < -0.3 is 9.64 Å². The molecule has 1 fully saturated rings. The lowest BCUT2D eigenvalue weighted by Gasteiger charge is -2.25. The first-order chi connectivity index (χ1) is 12.1. The Morgan fingerprint density at radius 1 is 1.36 bits per heavy atom. The highest BCUT2D eigenvalue weighted by atomic mass is 16.5. The topological polar surface area (TPSA) is 58.2 Å². The summed E-state index contributed by atoms with van der Waals surface area (Å²) >= 11 is 0. The highest BCUT2D eigenvalue weighted by Gasteiger charge is 2.18. The predicted octanol–water partition coefficient (Wildman–Crippen LogP) is 3.72. The van der Waals surface area contributed by atoms with E-state index in [-0.39, 0.29) is 5.91 Å². The van der Waals surface area contributed by atoms with Crippen molar-refractivity contribution in [1.82, 2.24) is 15.1 Å². The lowest BCUT2D eigenvalue weighted by atomic mass is 10.0. The molecule has 0 aliphatic carbocycles. The fourth-order valence-electron chi connectivity index (χ4n) is 3.48. The fraction of sp³-hybridized carbons (Fsp3) is 0.500. The van der Waals surface area contributed by atoms with Crippen LogP contribution in [-0.2, 0) is 4.74 Å². The largest absolute Gasteiger partial charge is 0.378 e. The van der Waals surface area contributed by atoms with Crippen molar-refractivity contribution in [2.24, 2.45) is 0 Å². The fourth-order valence-corrected chi connectivity index (χ4v) is 3.48. The molecule has 1 amide bonds. The Bertz CT molecular complexity index is 713. The Hall–Kier alpha value is -2.14. The molecule has 0 radical (unpaired) electrons. The van der Waals surface area contributed by atoms with Gasteiger partial charge in [-0.1, -0.05) is 12.1 Å². The van der Waals surface area contributed by atoms with Gasteiger partial charge in [0.1, 0.15) is 0 Å². The minimum Gasteiger partial charge on any atom is -0.378 e. The number of aromatic amines is 1. The molecule has 0 spiro atoms. The zero-order chi connectivity index (χ0) is 17.8. The number of carbonyl (C=O) groups is 1. The maximum Gasteiger partial charge on any atom is 0.253 e. The van der Waals surface area contributed by atoms with E-state index in [1.54, 1.807) is 4.90 Å². The van der Waals surface area contributed by atoms with E-state index in [0.717, 1.165) is 54.9 Å². The predicted molar refractivity (Wildman–Crippen MR) is 98.7 cm³/mol. The zero-order valence-electron chi connectivity index (χ0n) is 15.3. The van der Waals surface area contributed by atoms with Crippen LogP contribution in [0.3, 0.4) is 0 Å². The zero-order valence-corrected chi connectivity index (χ0v) is 15.3. The molecular weight excluding hydrogens is 314 g/mol. The summed E-state index contributed by atoms with van der Waals surface area (Å²) in [6, 6.07) is 7.80. The number of ether oxygens (including phenoxy) is 1. The van der Waals surface area contributed by atoms with Gasteiger partial charge in [0.05, 0.1) is 11.8 Å². The lowest BCUT2D eigenvalue weighted by molar-refractivity contribution is 0.00709. The molecule has 1 atom stereocenters. The molecule has 1 aromatic heterocycles. The third-order valence-corrected chi connectivity index (χ3v) is 4.93. The van der Waals surface area contributed by atoms with Gasteiger partial charge in [-0.2, -0.15) is 5.10 Å². The SMILES string of the molecule is Cc1n[nH]c(C)c1-c1cccc(C(=O)N(C)CC[C@H]2CCCCO2)c1. The monoisotopic (exact) mass is 341 g/mol. The van der Waals surface area contributed by atoms with Crippen molar-refractivity contribution in [3.63, 3.8) is 0 Å². The molecule has 0 unspecified atom stereocenters. The summed E-state index contributed by atoms with van der Waals surface area (Å²) in [5.74, 6) is 0.0523. The minimum absolute atomic E-state index is 0.0523. The second-order valence-electron chi connectivity index (χ2n) is 6.89. The number of aromatic nitrogens is 2. The number of amides is 1. The van der Waals surface area contributed by atoms with Crippen LogP contribution in [0.25, 0.3) is 11.1 Å². The number of carbonyl (C=O) groups excluding carboxylic acids is 1. The van der Waals surface area contributed by atoms with Crippen molar-refractivity contribution in [3.05, 3.63) is 41.2 Å². The number of aryl methyl sites for hydroxylation is 2. The van der Waals surface area contributed by atoms with Crippen molar-refractivity contribution in [2.75, 3.05) is 20.2 Å². The second kappa shape index (κ2) is 7.83. The summed E-state index contributed by atoms with van der Waals surface area (Å²) in [5, 5.41) is 7.25. The standard InChI is InChI=1S/C20H27N3O2/c1-14-19(15(2)22-21-14)16-7-6-8-17(13-16)20(24)23(3)11-10-18-9-4-5-12-25-18/h6-8,13,18H,4-5,9-12H2,1-3H3,(H,21,22)/t18-/m1/s1. The first-order valence-electron chi connectivity index (χ1n) is 9.05. The maximum atomic E-state index is 12.8. The first-order valence-corrected chi connectivity index (χ1v) is 9.05. The molecule has 1 aliphatic heterocycles. The van der Waals surface area contributed by atoms with E-state index in [9.17, 15) is 4.79 Å². The normalized spacial score (nSPS) is 17.5. The number of H-pyrrole nitrogens is 1. The first kappa shape index (κ1) is 17.7. The molecule has 3 rings (SSSR count). The molecule has 5 nitrogen and oxygen atoms in total. The van der Waals surface area contributed by atoms with Gasteiger partial charge in [-0.05, 0) is 57.2 Å². The number of hydrogen-bond acceptors (Lipinski definition) is 3. The van der Waals surface area contributed by atoms with Gasteiger partial charge in [-0.3, -0.25) is 9.89 Å². The molecule has 1 aromatic carbocycles. The van der Waals surface area contributed by atoms with E-state index in [4.69, 9.17) is 4.74 Å². The molecule has 5 heteroatoms. The van der Waals surface area contributed by atoms with Crippen LogP contribution in [0.5, 0.6) is 0 Å². The summed E-state index contributed by atoms with van der Waals surface area (Å²) in [7, 11) is 1.87. The third kappa shape index (κ3) is 4.10. The van der Waals surface area contributed by atoms with Gasteiger partial charge in [0.2, 0.25) is 0 Å². The molecule has 1 N–H and O–H groups in total. The Morgan fingerprint density at radius 2 is 2.20 bits per heavy atom. The van der Waals surface area contributed by atoms with Crippen molar-refractivity contribution >= 4 is 5.91 Å². The van der Waals surface area contributed by atoms with E-state index in [1.165, 1.54) is 6.42 Å². The lowest BCUT2D eigenvalue weighted by Crippen LogP contribution is -2.31. The maximum absolute atomic E-state index is 12.8. The third-order valence-electron chi connectivity index (χ3n) is 4.93. The van der Waals surface area contributed by atoms with Crippen LogP contribution in [0.4, 0.5) is 0 Å². The van der Waals surface area contributed by atoms with Gasteiger partial charge in [-0.15, -0.1) is 0 Å². The Balaban J connectivity index is 1.68. The van der Waals surface area contributed by atoms with Crippen LogP contribution < -0.4 is 0 Å². The van der Waals surface area contributed by atoms with Crippen LogP contribution in [0, 0.1) is 13.8 Å². The Kier molecular flexibility index (Phi) is 5.53.